The van der Waals surface area contributed by atoms with E-state index in [2.05, 4.69) is 25.0 Å². The molecule has 0 bridgehead atoms. The Balaban J connectivity index is 1.20. The summed E-state index contributed by atoms with van der Waals surface area (Å²) in [7, 11) is 0. The summed E-state index contributed by atoms with van der Waals surface area (Å²) in [6, 6.07) is 5.98. The topological polar surface area (TPSA) is 91.7 Å². The van der Waals surface area contributed by atoms with E-state index in [-0.39, 0.29) is 11.5 Å². The van der Waals surface area contributed by atoms with Gasteiger partial charge in [0.25, 0.3) is 5.91 Å². The van der Waals surface area contributed by atoms with Crippen LogP contribution in [0.3, 0.4) is 0 Å². The van der Waals surface area contributed by atoms with Crippen LogP contribution in [0.2, 0.25) is 0 Å². The maximum Gasteiger partial charge on any atom is 0.257 e. The van der Waals surface area contributed by atoms with Crippen LogP contribution in [-0.4, -0.2) is 73.8 Å². The number of H-pyrrole nitrogens is 1. The first kappa shape index (κ1) is 19.2. The fourth-order valence-corrected chi connectivity index (χ4v) is 5.10. The van der Waals surface area contributed by atoms with Gasteiger partial charge in [-0.25, -0.2) is 14.5 Å². The SMILES string of the molecule is Cc1cccn2ncc(C(=O)N3CCC4(CC3)CN(c3ncnc5[nH]ccc35)CCO4)c12. The number of morpholine rings is 1. The molecule has 0 unspecified atom stereocenters. The molecule has 4 aromatic heterocycles. The average Bonchev–Trinajstić information content (AvgIpc) is 3.47. The van der Waals surface area contributed by atoms with Crippen LogP contribution in [0.25, 0.3) is 16.6 Å². The van der Waals surface area contributed by atoms with Crippen LogP contribution in [0.4, 0.5) is 5.82 Å². The quantitative estimate of drug-likeness (QED) is 0.524. The summed E-state index contributed by atoms with van der Waals surface area (Å²) in [6.07, 6.45) is 8.67. The Morgan fingerprint density at radius 1 is 1.19 bits per heavy atom. The Hall–Kier alpha value is -3.46. The fraction of sp³-hybridized carbons (Fsp3) is 0.391. The van der Waals surface area contributed by atoms with Crippen LogP contribution in [0.5, 0.6) is 0 Å². The molecule has 0 radical (unpaired) electrons. The number of hydrogen-bond donors (Lipinski definition) is 1. The zero-order valence-electron chi connectivity index (χ0n) is 18.0. The highest BCUT2D eigenvalue weighted by atomic mass is 16.5. The maximum atomic E-state index is 13.3. The van der Waals surface area contributed by atoms with Gasteiger partial charge in [0.2, 0.25) is 0 Å². The smallest absolute Gasteiger partial charge is 0.257 e. The highest BCUT2D eigenvalue weighted by Crippen LogP contribution is 2.34. The summed E-state index contributed by atoms with van der Waals surface area (Å²) in [4.78, 5) is 29.6. The third-order valence-electron chi connectivity index (χ3n) is 6.82. The standard InChI is InChI=1S/C23H25N7O2/c1-16-3-2-8-30-19(16)18(13-27-30)22(31)28-9-5-23(6-10-28)14-29(11-12-32-23)21-17-4-7-24-20(17)25-15-26-21/h2-4,7-8,13,15H,5-6,9-12,14H2,1H3,(H,24,25,26). The van der Waals surface area contributed by atoms with Gasteiger partial charge in [-0.3, -0.25) is 4.79 Å². The second kappa shape index (κ2) is 7.30. The summed E-state index contributed by atoms with van der Waals surface area (Å²) in [5.41, 5.74) is 3.19. The first-order valence-electron chi connectivity index (χ1n) is 11.0. The molecule has 2 aliphatic rings. The number of rotatable bonds is 2. The lowest BCUT2D eigenvalue weighted by Gasteiger charge is -2.47. The molecule has 0 aromatic carbocycles. The molecular weight excluding hydrogens is 406 g/mol. The first-order chi connectivity index (χ1) is 15.6. The molecule has 32 heavy (non-hydrogen) atoms. The minimum absolute atomic E-state index is 0.0432. The zero-order chi connectivity index (χ0) is 21.7. The number of amides is 1. The lowest BCUT2D eigenvalue weighted by atomic mass is 9.89. The number of anilines is 1. The number of ether oxygens (including phenoxy) is 1. The molecule has 9 nitrogen and oxygen atoms in total. The van der Waals surface area contributed by atoms with E-state index in [1.54, 1.807) is 17.0 Å². The Labute approximate surface area is 185 Å². The van der Waals surface area contributed by atoms with Gasteiger partial charge in [-0.2, -0.15) is 5.10 Å². The highest BCUT2D eigenvalue weighted by Gasteiger charge is 2.41. The van der Waals surface area contributed by atoms with E-state index in [0.717, 1.165) is 53.9 Å². The van der Waals surface area contributed by atoms with Crippen molar-refractivity contribution in [3.63, 3.8) is 0 Å². The lowest BCUT2D eigenvalue weighted by Crippen LogP contribution is -2.57. The minimum atomic E-state index is -0.264. The van der Waals surface area contributed by atoms with Gasteiger partial charge in [-0.1, -0.05) is 6.07 Å². The van der Waals surface area contributed by atoms with E-state index in [0.29, 0.717) is 25.3 Å². The number of carbonyl (C=O) groups is 1. The van der Waals surface area contributed by atoms with E-state index in [4.69, 9.17) is 4.74 Å². The largest absolute Gasteiger partial charge is 0.371 e. The van der Waals surface area contributed by atoms with Crippen molar-refractivity contribution >= 4 is 28.3 Å². The molecule has 6 rings (SSSR count). The number of carbonyl (C=O) groups excluding carboxylic acids is 1. The molecule has 0 atom stereocenters. The summed E-state index contributed by atoms with van der Waals surface area (Å²) < 4.78 is 8.09. The average molecular weight is 432 g/mol. The Morgan fingerprint density at radius 2 is 2.06 bits per heavy atom. The number of nitrogens with zero attached hydrogens (tertiary/aromatic N) is 6. The monoisotopic (exact) mass is 431 g/mol. The lowest BCUT2D eigenvalue weighted by molar-refractivity contribution is -0.0869. The summed E-state index contributed by atoms with van der Waals surface area (Å²) >= 11 is 0. The van der Waals surface area contributed by atoms with Crippen LogP contribution in [-0.2, 0) is 4.74 Å². The van der Waals surface area contributed by atoms with Gasteiger partial charge in [0, 0.05) is 38.6 Å². The molecule has 6 heterocycles. The molecule has 1 spiro atoms. The number of aryl methyl sites for hydroxylation is 1. The molecule has 9 heteroatoms. The van der Waals surface area contributed by atoms with Gasteiger partial charge in [0.15, 0.2) is 0 Å². The van der Waals surface area contributed by atoms with Crippen molar-refractivity contribution in [1.29, 1.82) is 0 Å². The van der Waals surface area contributed by atoms with Crippen molar-refractivity contribution in [3.8, 4) is 0 Å². The second-order valence-electron chi connectivity index (χ2n) is 8.73. The number of nitrogens with one attached hydrogen (secondary N) is 1. The van der Waals surface area contributed by atoms with Crippen LogP contribution >= 0.6 is 0 Å². The summed E-state index contributed by atoms with van der Waals surface area (Å²) in [5.74, 6) is 0.987. The normalized spacial score (nSPS) is 18.7. The molecule has 1 N–H and O–H groups in total. The number of piperidine rings is 1. The van der Waals surface area contributed by atoms with E-state index < -0.39 is 0 Å². The molecule has 2 fully saturated rings. The van der Waals surface area contributed by atoms with E-state index in [1.165, 1.54) is 0 Å². The van der Waals surface area contributed by atoms with Gasteiger partial charge in [0.1, 0.15) is 17.8 Å². The van der Waals surface area contributed by atoms with Gasteiger partial charge >= 0.3 is 0 Å². The van der Waals surface area contributed by atoms with Crippen LogP contribution in [0.15, 0.2) is 43.1 Å². The minimum Gasteiger partial charge on any atom is -0.371 e. The predicted molar refractivity (Wildman–Crippen MR) is 120 cm³/mol. The van der Waals surface area contributed by atoms with E-state index in [9.17, 15) is 4.79 Å². The van der Waals surface area contributed by atoms with Crippen LogP contribution in [0.1, 0.15) is 28.8 Å². The number of pyridine rings is 1. The van der Waals surface area contributed by atoms with E-state index in [1.807, 2.05) is 42.4 Å². The Morgan fingerprint density at radius 3 is 2.94 bits per heavy atom. The van der Waals surface area contributed by atoms with Gasteiger partial charge < -0.3 is 19.5 Å². The first-order valence-corrected chi connectivity index (χ1v) is 11.0. The number of hydrogen-bond acceptors (Lipinski definition) is 6. The molecule has 4 aromatic rings. The third-order valence-corrected chi connectivity index (χ3v) is 6.82. The predicted octanol–water partition coefficient (Wildman–Crippen LogP) is 2.43. The molecule has 164 valence electrons. The van der Waals surface area contributed by atoms with Crippen LogP contribution in [0, 0.1) is 6.92 Å². The molecular formula is C23H25N7O2. The maximum absolute atomic E-state index is 13.3. The number of fused-ring (bicyclic) bond motifs is 2. The van der Waals surface area contributed by atoms with Crippen molar-refractivity contribution < 1.29 is 9.53 Å². The van der Waals surface area contributed by atoms with E-state index >= 15 is 0 Å². The van der Waals surface area contributed by atoms with Crippen molar-refractivity contribution in [2.45, 2.75) is 25.4 Å². The zero-order valence-corrected chi connectivity index (χ0v) is 18.0. The third kappa shape index (κ3) is 3.03. The highest BCUT2D eigenvalue weighted by molar-refractivity contribution is 6.01. The van der Waals surface area contributed by atoms with Crippen molar-refractivity contribution in [2.24, 2.45) is 0 Å². The summed E-state index contributed by atoms with van der Waals surface area (Å²) in [5, 5.41) is 5.39. The van der Waals surface area contributed by atoms with Gasteiger partial charge in [-0.05, 0) is 37.5 Å². The fourth-order valence-electron chi connectivity index (χ4n) is 5.10. The number of aromatic nitrogens is 5. The van der Waals surface area contributed by atoms with Crippen molar-refractivity contribution in [2.75, 3.05) is 37.7 Å². The molecule has 0 saturated carbocycles. The Kier molecular flexibility index (Phi) is 4.39. The van der Waals surface area contributed by atoms with Gasteiger partial charge in [0.05, 0.1) is 34.9 Å². The van der Waals surface area contributed by atoms with Crippen LogP contribution < -0.4 is 4.90 Å². The molecule has 2 saturated heterocycles. The number of likely N-dealkylation sites (tertiary alicyclic amines) is 1. The molecule has 0 aliphatic carbocycles. The number of aromatic amines is 1. The van der Waals surface area contributed by atoms with Crippen molar-refractivity contribution in [1.82, 2.24) is 29.5 Å². The van der Waals surface area contributed by atoms with Crippen molar-refractivity contribution in [3.05, 3.63) is 54.2 Å². The molecule has 1 amide bonds. The Bertz CT molecular complexity index is 1300. The molecule has 2 aliphatic heterocycles. The summed E-state index contributed by atoms with van der Waals surface area (Å²) in [6.45, 7) is 5.55. The van der Waals surface area contributed by atoms with Gasteiger partial charge in [-0.15, -0.1) is 0 Å². The second-order valence-corrected chi connectivity index (χ2v) is 8.73.